The summed E-state index contributed by atoms with van der Waals surface area (Å²) in [4.78, 5) is 0. The van der Waals surface area contributed by atoms with Crippen molar-refractivity contribution in [3.63, 3.8) is 0 Å². The summed E-state index contributed by atoms with van der Waals surface area (Å²) in [6, 6.07) is 13.7. The summed E-state index contributed by atoms with van der Waals surface area (Å²) in [6.45, 7) is 0. The van der Waals surface area contributed by atoms with Gasteiger partial charge in [-0.15, -0.1) is 0 Å². The van der Waals surface area contributed by atoms with Crippen molar-refractivity contribution < 1.29 is 0 Å². The van der Waals surface area contributed by atoms with Gasteiger partial charge in [0.2, 0.25) is 0 Å². The molecule has 0 fully saturated rings. The molecule has 0 saturated carbocycles. The molecule has 0 unspecified atom stereocenters. The van der Waals surface area contributed by atoms with Crippen LogP contribution in [0.4, 0.5) is 17.1 Å². The van der Waals surface area contributed by atoms with E-state index in [1.807, 2.05) is 42.5 Å². The van der Waals surface area contributed by atoms with Crippen LogP contribution in [0, 0.1) is 0 Å². The van der Waals surface area contributed by atoms with Crippen LogP contribution in [0.25, 0.3) is 0 Å². The molecule has 0 bridgehead atoms. The lowest BCUT2D eigenvalue weighted by Gasteiger charge is -2.09. The first-order valence-corrected chi connectivity index (χ1v) is 6.31. The molecule has 0 heterocycles. The van der Waals surface area contributed by atoms with Crippen LogP contribution in [0.2, 0.25) is 0 Å². The number of hydrogen-bond acceptors (Lipinski definition) is 2. The van der Waals surface area contributed by atoms with E-state index in [1.165, 1.54) is 0 Å². The Morgan fingerprint density at radius 1 is 0.875 bits per heavy atom. The lowest BCUT2D eigenvalue weighted by molar-refractivity contribution is 1.52. The lowest BCUT2D eigenvalue weighted by atomic mass is 10.2. The maximum Gasteiger partial charge on any atom is 0.0629 e. The van der Waals surface area contributed by atoms with Crippen molar-refractivity contribution in [3.8, 4) is 0 Å². The van der Waals surface area contributed by atoms with Gasteiger partial charge in [0.05, 0.1) is 11.4 Å². The van der Waals surface area contributed by atoms with E-state index in [2.05, 4.69) is 37.2 Å². The first-order chi connectivity index (χ1) is 7.65. The molecule has 0 aliphatic carbocycles. The lowest BCUT2D eigenvalue weighted by Crippen LogP contribution is -1.95. The molecule has 0 spiro atoms. The molecule has 0 aromatic heterocycles. The van der Waals surface area contributed by atoms with E-state index in [0.29, 0.717) is 0 Å². The maximum absolute atomic E-state index is 5.87. The molecule has 4 heteroatoms. The van der Waals surface area contributed by atoms with E-state index in [4.69, 9.17) is 5.73 Å². The number of nitrogens with two attached hydrogens (primary N) is 1. The average molecular weight is 342 g/mol. The van der Waals surface area contributed by atoms with E-state index in [-0.39, 0.29) is 0 Å². The molecule has 0 amide bonds. The quantitative estimate of drug-likeness (QED) is 0.787. The normalized spacial score (nSPS) is 10.1. The minimum Gasteiger partial charge on any atom is -0.397 e. The number of benzene rings is 2. The number of rotatable bonds is 2. The summed E-state index contributed by atoms with van der Waals surface area (Å²) in [5.74, 6) is 0. The van der Waals surface area contributed by atoms with Gasteiger partial charge in [-0.1, -0.05) is 31.9 Å². The molecule has 0 aliphatic heterocycles. The van der Waals surface area contributed by atoms with Gasteiger partial charge in [-0.3, -0.25) is 0 Å². The van der Waals surface area contributed by atoms with Crippen LogP contribution >= 0.6 is 31.9 Å². The van der Waals surface area contributed by atoms with Gasteiger partial charge < -0.3 is 11.1 Å². The average Bonchev–Trinajstić information content (AvgIpc) is 2.27. The summed E-state index contributed by atoms with van der Waals surface area (Å²) < 4.78 is 2.06. The van der Waals surface area contributed by atoms with Crippen LogP contribution in [0.15, 0.2) is 51.4 Å². The van der Waals surface area contributed by atoms with Crippen LogP contribution in [0.1, 0.15) is 0 Å². The van der Waals surface area contributed by atoms with E-state index >= 15 is 0 Å². The van der Waals surface area contributed by atoms with E-state index < -0.39 is 0 Å². The molecule has 0 radical (unpaired) electrons. The predicted octanol–water partition coefficient (Wildman–Crippen LogP) is 4.54. The van der Waals surface area contributed by atoms with Crippen molar-refractivity contribution >= 4 is 48.9 Å². The van der Waals surface area contributed by atoms with Gasteiger partial charge >= 0.3 is 0 Å². The Kier molecular flexibility index (Phi) is 3.51. The molecular weight excluding hydrogens is 332 g/mol. The zero-order valence-corrected chi connectivity index (χ0v) is 11.5. The SMILES string of the molecule is Nc1ccc(Br)cc1Nc1ccc(Br)cc1. The smallest absolute Gasteiger partial charge is 0.0629 e. The summed E-state index contributed by atoms with van der Waals surface area (Å²) in [5, 5.41) is 3.26. The first-order valence-electron chi connectivity index (χ1n) is 4.73. The largest absolute Gasteiger partial charge is 0.397 e. The fourth-order valence-corrected chi connectivity index (χ4v) is 1.95. The van der Waals surface area contributed by atoms with Gasteiger partial charge in [0.25, 0.3) is 0 Å². The molecule has 82 valence electrons. The molecule has 0 atom stereocenters. The first kappa shape index (κ1) is 11.5. The topological polar surface area (TPSA) is 38.0 Å². The van der Waals surface area contributed by atoms with Crippen molar-refractivity contribution in [3.05, 3.63) is 51.4 Å². The Bertz CT molecular complexity index is 495. The molecule has 16 heavy (non-hydrogen) atoms. The third-order valence-electron chi connectivity index (χ3n) is 2.14. The Morgan fingerprint density at radius 3 is 2.19 bits per heavy atom. The fourth-order valence-electron chi connectivity index (χ4n) is 1.33. The number of nitrogen functional groups attached to an aromatic ring is 1. The van der Waals surface area contributed by atoms with E-state index in [1.54, 1.807) is 0 Å². The van der Waals surface area contributed by atoms with Gasteiger partial charge in [-0.2, -0.15) is 0 Å². The van der Waals surface area contributed by atoms with Gasteiger partial charge in [-0.25, -0.2) is 0 Å². The monoisotopic (exact) mass is 340 g/mol. The van der Waals surface area contributed by atoms with Crippen molar-refractivity contribution in [2.75, 3.05) is 11.1 Å². The van der Waals surface area contributed by atoms with Crippen molar-refractivity contribution in [2.24, 2.45) is 0 Å². The van der Waals surface area contributed by atoms with E-state index in [9.17, 15) is 0 Å². The Balaban J connectivity index is 2.26. The molecule has 0 aliphatic rings. The predicted molar refractivity (Wildman–Crippen MR) is 76.0 cm³/mol. The van der Waals surface area contributed by atoms with Gasteiger partial charge in [-0.05, 0) is 42.5 Å². The molecule has 0 saturated heterocycles. The minimum atomic E-state index is 0.728. The highest BCUT2D eigenvalue weighted by atomic mass is 79.9. The fraction of sp³-hybridized carbons (Fsp3) is 0. The zero-order chi connectivity index (χ0) is 11.5. The molecular formula is C12H10Br2N2. The Labute approximate surface area is 111 Å². The third kappa shape index (κ3) is 2.77. The van der Waals surface area contributed by atoms with E-state index in [0.717, 1.165) is 26.0 Å². The number of nitrogens with one attached hydrogen (secondary N) is 1. The van der Waals surface area contributed by atoms with Gasteiger partial charge in [0.15, 0.2) is 0 Å². The second kappa shape index (κ2) is 4.89. The highest BCUT2D eigenvalue weighted by Gasteiger charge is 2.00. The highest BCUT2D eigenvalue weighted by Crippen LogP contribution is 2.27. The van der Waals surface area contributed by atoms with Crippen molar-refractivity contribution in [1.29, 1.82) is 0 Å². The highest BCUT2D eigenvalue weighted by molar-refractivity contribution is 9.10. The second-order valence-corrected chi connectivity index (χ2v) is 5.19. The van der Waals surface area contributed by atoms with Crippen LogP contribution < -0.4 is 11.1 Å². The van der Waals surface area contributed by atoms with Crippen LogP contribution in [-0.4, -0.2) is 0 Å². The molecule has 2 rings (SSSR count). The number of hydrogen-bond donors (Lipinski definition) is 2. The second-order valence-electron chi connectivity index (χ2n) is 3.36. The standard InChI is InChI=1S/C12H10Br2N2/c13-8-1-4-10(5-2-8)16-12-7-9(14)3-6-11(12)15/h1-7,16H,15H2. The van der Waals surface area contributed by atoms with Gasteiger partial charge in [0, 0.05) is 14.6 Å². The Hall–Kier alpha value is -1.00. The molecule has 2 nitrogen and oxygen atoms in total. The number of anilines is 3. The zero-order valence-electron chi connectivity index (χ0n) is 8.37. The summed E-state index contributed by atoms with van der Waals surface area (Å²) in [5.41, 5.74) is 8.51. The summed E-state index contributed by atoms with van der Waals surface area (Å²) in [6.07, 6.45) is 0. The molecule has 2 aromatic carbocycles. The maximum atomic E-state index is 5.87. The Morgan fingerprint density at radius 2 is 1.50 bits per heavy atom. The van der Waals surface area contributed by atoms with Crippen LogP contribution in [0.5, 0.6) is 0 Å². The molecule has 2 aromatic rings. The van der Waals surface area contributed by atoms with Crippen molar-refractivity contribution in [2.45, 2.75) is 0 Å². The third-order valence-corrected chi connectivity index (χ3v) is 3.16. The van der Waals surface area contributed by atoms with Crippen molar-refractivity contribution in [1.82, 2.24) is 0 Å². The number of halogens is 2. The van der Waals surface area contributed by atoms with Crippen LogP contribution in [-0.2, 0) is 0 Å². The summed E-state index contributed by atoms with van der Waals surface area (Å²) >= 11 is 6.82. The summed E-state index contributed by atoms with van der Waals surface area (Å²) in [7, 11) is 0. The molecule has 3 N–H and O–H groups in total. The minimum absolute atomic E-state index is 0.728. The van der Waals surface area contributed by atoms with Gasteiger partial charge in [0.1, 0.15) is 0 Å². The van der Waals surface area contributed by atoms with Crippen LogP contribution in [0.3, 0.4) is 0 Å².